The van der Waals surface area contributed by atoms with Gasteiger partial charge in [0.15, 0.2) is 11.6 Å². The number of anilines is 2. The Labute approximate surface area is 227 Å². The molecule has 1 aromatic carbocycles. The Kier molecular flexibility index (Phi) is 7.34. The van der Waals surface area contributed by atoms with Gasteiger partial charge in [-0.15, -0.1) is 0 Å². The van der Waals surface area contributed by atoms with E-state index in [1.807, 2.05) is 43.9 Å². The molecule has 5 rings (SSSR count). The fourth-order valence-corrected chi connectivity index (χ4v) is 4.71. The molecule has 1 atom stereocenters. The normalized spacial score (nSPS) is 15.3. The SMILES string of the molecule is COc1cc(Nc2cc3cc(-c4c(OC[C@H]5CCN5C)cnn4C)ccn3n2)cc(OC)c1C(=O)NC(C)C. The first-order chi connectivity index (χ1) is 18.8. The van der Waals surface area contributed by atoms with E-state index in [0.717, 1.165) is 35.5 Å². The molecule has 1 aliphatic rings. The Morgan fingerprint density at radius 3 is 2.46 bits per heavy atom. The molecule has 4 heterocycles. The van der Waals surface area contributed by atoms with Crippen LogP contribution in [0.1, 0.15) is 30.6 Å². The van der Waals surface area contributed by atoms with Gasteiger partial charge in [-0.05, 0) is 46.0 Å². The molecule has 1 aliphatic heterocycles. The number of rotatable bonds is 10. The van der Waals surface area contributed by atoms with Crippen molar-refractivity contribution in [2.45, 2.75) is 32.4 Å². The third kappa shape index (κ3) is 5.35. The van der Waals surface area contributed by atoms with E-state index in [4.69, 9.17) is 14.2 Å². The van der Waals surface area contributed by atoms with Crippen LogP contribution in [-0.2, 0) is 7.05 Å². The van der Waals surface area contributed by atoms with Crippen molar-refractivity contribution in [2.75, 3.05) is 39.7 Å². The fraction of sp³-hybridized carbons (Fsp3) is 0.393. The molecule has 0 bridgehead atoms. The number of hydrogen-bond acceptors (Lipinski definition) is 8. The van der Waals surface area contributed by atoms with Crippen molar-refractivity contribution in [1.82, 2.24) is 29.6 Å². The molecule has 1 fully saturated rings. The fourth-order valence-electron chi connectivity index (χ4n) is 4.71. The lowest BCUT2D eigenvalue weighted by Gasteiger charge is -2.37. The molecule has 2 N–H and O–H groups in total. The number of nitrogens with one attached hydrogen (secondary N) is 2. The lowest BCUT2D eigenvalue weighted by molar-refractivity contribution is 0.0771. The summed E-state index contributed by atoms with van der Waals surface area (Å²) in [7, 11) is 7.08. The van der Waals surface area contributed by atoms with E-state index in [0.29, 0.717) is 41.2 Å². The monoisotopic (exact) mass is 533 g/mol. The molecular weight excluding hydrogens is 498 g/mol. The van der Waals surface area contributed by atoms with Crippen molar-refractivity contribution in [3.8, 4) is 28.5 Å². The second-order valence-corrected chi connectivity index (χ2v) is 10.0. The Morgan fingerprint density at radius 2 is 1.85 bits per heavy atom. The Balaban J connectivity index is 1.40. The number of carbonyl (C=O) groups excluding carboxylic acids is 1. The number of methoxy groups -OCH3 is 2. The van der Waals surface area contributed by atoms with E-state index in [1.165, 1.54) is 14.2 Å². The molecule has 0 aliphatic carbocycles. The Hall–Kier alpha value is -4.25. The van der Waals surface area contributed by atoms with Gasteiger partial charge in [0.25, 0.3) is 5.91 Å². The zero-order valence-corrected chi connectivity index (χ0v) is 23.2. The maximum atomic E-state index is 12.8. The minimum Gasteiger partial charge on any atom is -0.496 e. The van der Waals surface area contributed by atoms with Gasteiger partial charge in [-0.25, -0.2) is 4.52 Å². The second kappa shape index (κ2) is 10.9. The first-order valence-electron chi connectivity index (χ1n) is 13.0. The number of ether oxygens (including phenoxy) is 3. The first kappa shape index (κ1) is 26.4. The third-order valence-corrected chi connectivity index (χ3v) is 6.94. The van der Waals surface area contributed by atoms with Crippen molar-refractivity contribution < 1.29 is 19.0 Å². The van der Waals surface area contributed by atoms with E-state index >= 15 is 0 Å². The van der Waals surface area contributed by atoms with Gasteiger partial charge in [0.1, 0.15) is 29.4 Å². The summed E-state index contributed by atoms with van der Waals surface area (Å²) in [5.41, 5.74) is 3.82. The average molecular weight is 534 g/mol. The van der Waals surface area contributed by atoms with Gasteiger partial charge in [-0.2, -0.15) is 10.2 Å². The maximum Gasteiger partial charge on any atom is 0.259 e. The van der Waals surface area contributed by atoms with E-state index < -0.39 is 0 Å². The first-order valence-corrected chi connectivity index (χ1v) is 13.0. The van der Waals surface area contributed by atoms with Gasteiger partial charge in [0.2, 0.25) is 0 Å². The average Bonchev–Trinajstić information content (AvgIpc) is 3.48. The number of nitrogens with zero attached hydrogens (tertiary/aromatic N) is 5. The van der Waals surface area contributed by atoms with Crippen LogP contribution < -0.4 is 24.8 Å². The second-order valence-electron chi connectivity index (χ2n) is 10.0. The quantitative estimate of drug-likeness (QED) is 0.318. The number of pyridine rings is 1. The van der Waals surface area contributed by atoms with Gasteiger partial charge < -0.3 is 24.8 Å². The van der Waals surface area contributed by atoms with Crippen LogP contribution >= 0.6 is 0 Å². The predicted molar refractivity (Wildman–Crippen MR) is 149 cm³/mol. The smallest absolute Gasteiger partial charge is 0.259 e. The van der Waals surface area contributed by atoms with Crippen LogP contribution in [0.2, 0.25) is 0 Å². The van der Waals surface area contributed by atoms with Crippen molar-refractivity contribution in [3.63, 3.8) is 0 Å². The zero-order valence-electron chi connectivity index (χ0n) is 23.2. The molecule has 0 unspecified atom stereocenters. The lowest BCUT2D eigenvalue weighted by Crippen LogP contribution is -2.48. The summed E-state index contributed by atoms with van der Waals surface area (Å²) in [4.78, 5) is 15.1. The van der Waals surface area contributed by atoms with E-state index in [1.54, 1.807) is 22.8 Å². The van der Waals surface area contributed by atoms with E-state index in [2.05, 4.69) is 38.8 Å². The van der Waals surface area contributed by atoms with Crippen LogP contribution in [0.4, 0.5) is 11.5 Å². The summed E-state index contributed by atoms with van der Waals surface area (Å²) in [5.74, 6) is 1.94. The number of aryl methyl sites for hydroxylation is 1. The summed E-state index contributed by atoms with van der Waals surface area (Å²) >= 11 is 0. The Bertz CT molecular complexity index is 1470. The lowest BCUT2D eigenvalue weighted by atomic mass is 10.1. The molecule has 206 valence electrons. The van der Waals surface area contributed by atoms with Crippen molar-refractivity contribution >= 4 is 22.9 Å². The molecule has 11 heteroatoms. The molecule has 1 saturated heterocycles. The highest BCUT2D eigenvalue weighted by Crippen LogP contribution is 2.35. The highest BCUT2D eigenvalue weighted by Gasteiger charge is 2.25. The largest absolute Gasteiger partial charge is 0.496 e. The summed E-state index contributed by atoms with van der Waals surface area (Å²) in [6, 6.07) is 9.93. The minimum atomic E-state index is -0.260. The van der Waals surface area contributed by atoms with Crippen molar-refractivity contribution in [2.24, 2.45) is 7.05 Å². The van der Waals surface area contributed by atoms with Crippen LogP contribution in [0.25, 0.3) is 16.8 Å². The predicted octanol–water partition coefficient (Wildman–Crippen LogP) is 3.72. The van der Waals surface area contributed by atoms with E-state index in [-0.39, 0.29) is 11.9 Å². The highest BCUT2D eigenvalue weighted by molar-refractivity contribution is 6.00. The van der Waals surface area contributed by atoms with Crippen molar-refractivity contribution in [3.05, 3.63) is 48.3 Å². The Morgan fingerprint density at radius 1 is 1.10 bits per heavy atom. The minimum absolute atomic E-state index is 0.0222. The molecule has 0 spiro atoms. The number of benzene rings is 1. The highest BCUT2D eigenvalue weighted by atomic mass is 16.5. The summed E-state index contributed by atoms with van der Waals surface area (Å²) in [5, 5.41) is 15.3. The number of amides is 1. The zero-order chi connectivity index (χ0) is 27.7. The molecular formula is C28H35N7O4. The summed E-state index contributed by atoms with van der Waals surface area (Å²) in [6.45, 7) is 5.55. The number of likely N-dealkylation sites (tertiary alicyclic amines) is 1. The number of aromatic nitrogens is 4. The number of carbonyl (C=O) groups is 1. The van der Waals surface area contributed by atoms with Crippen LogP contribution in [0, 0.1) is 0 Å². The molecule has 1 amide bonds. The van der Waals surface area contributed by atoms with Crippen LogP contribution in [0.15, 0.2) is 42.7 Å². The van der Waals surface area contributed by atoms with Gasteiger partial charge >= 0.3 is 0 Å². The molecule has 0 radical (unpaired) electrons. The van der Waals surface area contributed by atoms with Crippen LogP contribution in [0.3, 0.4) is 0 Å². The molecule has 0 saturated carbocycles. The van der Waals surface area contributed by atoms with Crippen LogP contribution in [0.5, 0.6) is 17.2 Å². The molecule has 11 nitrogen and oxygen atoms in total. The molecule has 39 heavy (non-hydrogen) atoms. The number of likely N-dealkylation sites (N-methyl/N-ethyl adjacent to an activating group) is 1. The van der Waals surface area contributed by atoms with Gasteiger partial charge in [-0.1, -0.05) is 0 Å². The topological polar surface area (TPSA) is 107 Å². The van der Waals surface area contributed by atoms with Gasteiger partial charge in [0.05, 0.1) is 25.9 Å². The molecule has 3 aromatic heterocycles. The summed E-state index contributed by atoms with van der Waals surface area (Å²) in [6.07, 6.45) is 4.83. The van der Waals surface area contributed by atoms with Gasteiger partial charge in [0, 0.05) is 54.8 Å². The summed E-state index contributed by atoms with van der Waals surface area (Å²) < 4.78 is 20.8. The maximum absolute atomic E-state index is 12.8. The standard InChI is InChI=1S/C28H35N7O4/c1-17(2)30-28(36)26-22(37-5)12-19(13-23(26)38-6)31-25-14-21-11-18(7-10-35(21)32-25)27-24(15-29-34(27)4)39-16-20-8-9-33(20)3/h7,10-15,17,20H,8-9,16H2,1-6H3,(H,30,36)(H,31,32)/t20-/m1/s1. The third-order valence-electron chi connectivity index (χ3n) is 6.94. The van der Waals surface area contributed by atoms with Crippen molar-refractivity contribution in [1.29, 1.82) is 0 Å². The van der Waals surface area contributed by atoms with E-state index in [9.17, 15) is 4.79 Å². The van der Waals surface area contributed by atoms with Gasteiger partial charge in [-0.3, -0.25) is 14.4 Å². The number of hydrogen-bond donors (Lipinski definition) is 2. The van der Waals surface area contributed by atoms with Crippen LogP contribution in [-0.4, -0.2) is 76.7 Å². The molecule has 4 aromatic rings. The number of fused-ring (bicyclic) bond motifs is 1.